The van der Waals surface area contributed by atoms with E-state index in [0.717, 1.165) is 6.42 Å². The number of hydrogen-bond acceptors (Lipinski definition) is 2. The van der Waals surface area contributed by atoms with Crippen molar-refractivity contribution in [3.05, 3.63) is 29.6 Å². The number of nitrogens with one attached hydrogen (secondary N) is 1. The van der Waals surface area contributed by atoms with Gasteiger partial charge in [-0.05, 0) is 30.4 Å². The molecule has 1 fully saturated rings. The number of carboxylic acid groups (broad SMARTS) is 1. The third kappa shape index (κ3) is 2.63. The third-order valence-corrected chi connectivity index (χ3v) is 3.82. The molecule has 18 heavy (non-hydrogen) atoms. The summed E-state index contributed by atoms with van der Waals surface area (Å²) in [6, 6.07) is 4.13. The molecule has 0 aromatic heterocycles. The quantitative estimate of drug-likeness (QED) is 0.862. The minimum atomic E-state index is -1.10. The zero-order valence-corrected chi connectivity index (χ0v) is 10.4. The number of anilines is 1. The van der Waals surface area contributed by atoms with Crippen molar-refractivity contribution < 1.29 is 14.3 Å². The van der Waals surface area contributed by atoms with Gasteiger partial charge in [0.1, 0.15) is 5.82 Å². The number of benzene rings is 1. The van der Waals surface area contributed by atoms with Gasteiger partial charge in [0.2, 0.25) is 0 Å². The SMILES string of the molecule is CC1CCCC1CNc1c(F)cccc1C(=O)O. The molecule has 2 N–H and O–H groups in total. The van der Waals surface area contributed by atoms with Gasteiger partial charge in [-0.2, -0.15) is 0 Å². The summed E-state index contributed by atoms with van der Waals surface area (Å²) in [5.41, 5.74) is 0.116. The first-order valence-electron chi connectivity index (χ1n) is 6.35. The third-order valence-electron chi connectivity index (χ3n) is 3.82. The number of carboxylic acids is 1. The summed E-state index contributed by atoms with van der Waals surface area (Å²) in [7, 11) is 0. The molecule has 2 atom stereocenters. The molecule has 0 aliphatic heterocycles. The fourth-order valence-electron chi connectivity index (χ4n) is 2.64. The van der Waals surface area contributed by atoms with Crippen LogP contribution in [0.2, 0.25) is 0 Å². The number of para-hydroxylation sites is 1. The van der Waals surface area contributed by atoms with Gasteiger partial charge in [0, 0.05) is 6.54 Å². The Morgan fingerprint density at radius 3 is 2.89 bits per heavy atom. The molecular weight excluding hydrogens is 233 g/mol. The lowest BCUT2D eigenvalue weighted by molar-refractivity contribution is 0.0697. The van der Waals surface area contributed by atoms with Gasteiger partial charge in [-0.1, -0.05) is 25.8 Å². The Kier molecular flexibility index (Phi) is 3.84. The second kappa shape index (κ2) is 5.38. The summed E-state index contributed by atoms with van der Waals surface area (Å²) in [4.78, 5) is 11.0. The number of rotatable bonds is 4. The van der Waals surface area contributed by atoms with Gasteiger partial charge in [0.05, 0.1) is 11.3 Å². The lowest BCUT2D eigenvalue weighted by atomic mass is 9.98. The van der Waals surface area contributed by atoms with Crippen molar-refractivity contribution in [3.63, 3.8) is 0 Å². The van der Waals surface area contributed by atoms with Crippen LogP contribution in [0.15, 0.2) is 18.2 Å². The van der Waals surface area contributed by atoms with E-state index in [2.05, 4.69) is 12.2 Å². The molecule has 0 amide bonds. The van der Waals surface area contributed by atoms with Crippen LogP contribution < -0.4 is 5.32 Å². The molecule has 98 valence electrons. The fraction of sp³-hybridized carbons (Fsp3) is 0.500. The van der Waals surface area contributed by atoms with Gasteiger partial charge in [-0.25, -0.2) is 9.18 Å². The molecule has 0 spiro atoms. The molecule has 0 heterocycles. The zero-order valence-electron chi connectivity index (χ0n) is 10.4. The molecule has 2 unspecified atom stereocenters. The average molecular weight is 251 g/mol. The Bertz CT molecular complexity index is 447. The number of aromatic carboxylic acids is 1. The number of carbonyl (C=O) groups is 1. The highest BCUT2D eigenvalue weighted by molar-refractivity contribution is 5.94. The molecule has 0 saturated heterocycles. The maximum Gasteiger partial charge on any atom is 0.337 e. The van der Waals surface area contributed by atoms with Crippen molar-refractivity contribution in [1.82, 2.24) is 0 Å². The summed E-state index contributed by atoms with van der Waals surface area (Å²) in [6.45, 7) is 2.83. The van der Waals surface area contributed by atoms with E-state index >= 15 is 0 Å². The van der Waals surface area contributed by atoms with Crippen molar-refractivity contribution in [3.8, 4) is 0 Å². The maximum atomic E-state index is 13.7. The van der Waals surface area contributed by atoms with E-state index in [4.69, 9.17) is 5.11 Å². The van der Waals surface area contributed by atoms with Crippen LogP contribution in [-0.2, 0) is 0 Å². The highest BCUT2D eigenvalue weighted by atomic mass is 19.1. The molecule has 1 saturated carbocycles. The van der Waals surface area contributed by atoms with E-state index in [1.807, 2.05) is 0 Å². The van der Waals surface area contributed by atoms with Crippen molar-refractivity contribution >= 4 is 11.7 Å². The Balaban J connectivity index is 2.11. The summed E-state index contributed by atoms with van der Waals surface area (Å²) in [5.74, 6) is -0.471. The second-order valence-corrected chi connectivity index (χ2v) is 5.02. The molecule has 1 aliphatic carbocycles. The normalized spacial score (nSPS) is 23.0. The van der Waals surface area contributed by atoms with E-state index in [1.54, 1.807) is 0 Å². The lowest BCUT2D eigenvalue weighted by Gasteiger charge is -2.18. The van der Waals surface area contributed by atoms with Crippen LogP contribution in [0, 0.1) is 17.7 Å². The van der Waals surface area contributed by atoms with E-state index in [9.17, 15) is 9.18 Å². The summed E-state index contributed by atoms with van der Waals surface area (Å²) >= 11 is 0. The van der Waals surface area contributed by atoms with Gasteiger partial charge in [-0.15, -0.1) is 0 Å². The van der Waals surface area contributed by atoms with Gasteiger partial charge in [0.15, 0.2) is 0 Å². The highest BCUT2D eigenvalue weighted by Crippen LogP contribution is 2.31. The van der Waals surface area contributed by atoms with E-state index in [0.29, 0.717) is 18.4 Å². The van der Waals surface area contributed by atoms with Crippen LogP contribution >= 0.6 is 0 Å². The van der Waals surface area contributed by atoms with Crippen LogP contribution in [0.1, 0.15) is 36.5 Å². The summed E-state index contributed by atoms with van der Waals surface area (Å²) in [6.07, 6.45) is 3.54. The van der Waals surface area contributed by atoms with Crippen LogP contribution in [0.4, 0.5) is 10.1 Å². The molecule has 0 bridgehead atoms. The minimum Gasteiger partial charge on any atom is -0.478 e. The number of hydrogen-bond donors (Lipinski definition) is 2. The van der Waals surface area contributed by atoms with Crippen molar-refractivity contribution in [2.45, 2.75) is 26.2 Å². The smallest absolute Gasteiger partial charge is 0.337 e. The highest BCUT2D eigenvalue weighted by Gasteiger charge is 2.24. The second-order valence-electron chi connectivity index (χ2n) is 5.02. The Morgan fingerprint density at radius 1 is 1.50 bits per heavy atom. The van der Waals surface area contributed by atoms with E-state index < -0.39 is 11.8 Å². The average Bonchev–Trinajstić information content (AvgIpc) is 2.73. The van der Waals surface area contributed by atoms with Crippen molar-refractivity contribution in [2.75, 3.05) is 11.9 Å². The minimum absolute atomic E-state index is 0.000602. The lowest BCUT2D eigenvalue weighted by Crippen LogP contribution is -2.18. The number of halogens is 1. The molecule has 1 aliphatic rings. The largest absolute Gasteiger partial charge is 0.478 e. The van der Waals surface area contributed by atoms with Gasteiger partial charge in [-0.3, -0.25) is 0 Å². The molecule has 0 radical (unpaired) electrons. The van der Waals surface area contributed by atoms with Crippen LogP contribution in [0.25, 0.3) is 0 Å². The molecule has 2 rings (SSSR count). The first-order valence-corrected chi connectivity index (χ1v) is 6.35. The van der Waals surface area contributed by atoms with Gasteiger partial charge < -0.3 is 10.4 Å². The molecule has 4 heteroatoms. The standard InChI is InChI=1S/C14H18FNO2/c1-9-4-2-5-10(9)8-16-13-11(14(17)18)6-3-7-12(13)15/h3,6-7,9-10,16H,2,4-5,8H2,1H3,(H,17,18). The topological polar surface area (TPSA) is 49.3 Å². The summed E-state index contributed by atoms with van der Waals surface area (Å²) in [5, 5.41) is 12.0. The molecular formula is C14H18FNO2. The van der Waals surface area contributed by atoms with Crippen molar-refractivity contribution in [2.24, 2.45) is 11.8 Å². The van der Waals surface area contributed by atoms with E-state index in [1.165, 1.54) is 31.0 Å². The molecule has 1 aromatic rings. The first kappa shape index (κ1) is 12.9. The Morgan fingerprint density at radius 2 is 2.28 bits per heavy atom. The Labute approximate surface area is 106 Å². The van der Waals surface area contributed by atoms with E-state index in [-0.39, 0.29) is 11.3 Å². The van der Waals surface area contributed by atoms with Gasteiger partial charge >= 0.3 is 5.97 Å². The predicted molar refractivity (Wildman–Crippen MR) is 68.4 cm³/mol. The van der Waals surface area contributed by atoms with Crippen LogP contribution in [0.5, 0.6) is 0 Å². The van der Waals surface area contributed by atoms with Crippen molar-refractivity contribution in [1.29, 1.82) is 0 Å². The van der Waals surface area contributed by atoms with Crippen LogP contribution in [0.3, 0.4) is 0 Å². The zero-order chi connectivity index (χ0) is 13.1. The molecule has 1 aromatic carbocycles. The van der Waals surface area contributed by atoms with Gasteiger partial charge in [0.25, 0.3) is 0 Å². The Hall–Kier alpha value is -1.58. The summed E-state index contributed by atoms with van der Waals surface area (Å²) < 4.78 is 13.7. The maximum absolute atomic E-state index is 13.7. The fourth-order valence-corrected chi connectivity index (χ4v) is 2.64. The predicted octanol–water partition coefficient (Wildman–Crippen LogP) is 3.37. The monoisotopic (exact) mass is 251 g/mol. The first-order chi connectivity index (χ1) is 8.59. The van der Waals surface area contributed by atoms with Crippen LogP contribution in [-0.4, -0.2) is 17.6 Å². The molecule has 3 nitrogen and oxygen atoms in total.